The van der Waals surface area contributed by atoms with Crippen LogP contribution in [0.2, 0.25) is 5.02 Å². The Labute approximate surface area is 137 Å². The number of carbonyl (C=O) groups excluding carboxylic acids is 1. The first-order valence-electron chi connectivity index (χ1n) is 6.31. The molecule has 2 aromatic carbocycles. The minimum Gasteiger partial charge on any atom is -0.480 e. The van der Waals surface area contributed by atoms with E-state index in [4.69, 9.17) is 21.1 Å². The van der Waals surface area contributed by atoms with E-state index in [1.54, 1.807) is 24.3 Å². The summed E-state index contributed by atoms with van der Waals surface area (Å²) in [5.41, 5.74) is 2.21. The number of halogens is 2. The third-order valence-electron chi connectivity index (χ3n) is 2.95. The highest BCUT2D eigenvalue weighted by Gasteiger charge is 2.09. The standard InChI is InChI=1S/C16H14BrClO3/c1-10-3-5-13(7-11(10)2)21-16(19)9-20-15-6-4-12(17)8-14(15)18/h3-8H,9H2,1-2H3. The predicted molar refractivity (Wildman–Crippen MR) is 86.2 cm³/mol. The first-order valence-corrected chi connectivity index (χ1v) is 7.48. The Morgan fingerprint density at radius 1 is 1.14 bits per heavy atom. The average Bonchev–Trinajstić information content (AvgIpc) is 2.42. The lowest BCUT2D eigenvalue weighted by Crippen LogP contribution is -2.17. The molecule has 0 amide bonds. The van der Waals surface area contributed by atoms with E-state index >= 15 is 0 Å². The Bertz CT molecular complexity index is 671. The van der Waals surface area contributed by atoms with Gasteiger partial charge >= 0.3 is 5.97 Å². The molecular weight excluding hydrogens is 356 g/mol. The van der Waals surface area contributed by atoms with E-state index < -0.39 is 5.97 Å². The van der Waals surface area contributed by atoms with Crippen molar-refractivity contribution in [2.45, 2.75) is 13.8 Å². The summed E-state index contributed by atoms with van der Waals surface area (Å²) in [7, 11) is 0. The van der Waals surface area contributed by atoms with Crippen LogP contribution in [0.3, 0.4) is 0 Å². The van der Waals surface area contributed by atoms with E-state index in [1.807, 2.05) is 26.0 Å². The molecule has 0 aliphatic heterocycles. The van der Waals surface area contributed by atoms with Crippen molar-refractivity contribution in [1.29, 1.82) is 0 Å². The molecular formula is C16H14BrClO3. The highest BCUT2D eigenvalue weighted by molar-refractivity contribution is 9.10. The summed E-state index contributed by atoms with van der Waals surface area (Å²) in [6.07, 6.45) is 0. The second kappa shape index (κ2) is 6.96. The number of rotatable bonds is 4. The zero-order valence-corrected chi connectivity index (χ0v) is 14.0. The molecule has 2 aromatic rings. The molecule has 0 aliphatic rings. The SMILES string of the molecule is Cc1ccc(OC(=O)COc2ccc(Br)cc2Cl)cc1C. The van der Waals surface area contributed by atoms with Crippen LogP contribution >= 0.6 is 27.5 Å². The summed E-state index contributed by atoms with van der Waals surface area (Å²) in [5.74, 6) is 0.475. The third kappa shape index (κ3) is 4.48. The van der Waals surface area contributed by atoms with E-state index in [0.29, 0.717) is 16.5 Å². The van der Waals surface area contributed by atoms with Crippen LogP contribution in [-0.4, -0.2) is 12.6 Å². The maximum atomic E-state index is 11.8. The predicted octanol–water partition coefficient (Wildman–Crippen LogP) is 4.70. The zero-order chi connectivity index (χ0) is 15.4. The van der Waals surface area contributed by atoms with E-state index in [2.05, 4.69) is 15.9 Å². The van der Waals surface area contributed by atoms with Gasteiger partial charge in [-0.15, -0.1) is 0 Å². The zero-order valence-electron chi connectivity index (χ0n) is 11.7. The van der Waals surface area contributed by atoms with Gasteiger partial charge in [0.15, 0.2) is 6.61 Å². The Hall–Kier alpha value is -1.52. The monoisotopic (exact) mass is 368 g/mol. The second-order valence-corrected chi connectivity index (χ2v) is 5.91. The van der Waals surface area contributed by atoms with Gasteiger partial charge in [0.1, 0.15) is 11.5 Å². The lowest BCUT2D eigenvalue weighted by Gasteiger charge is -2.09. The number of hydrogen-bond donors (Lipinski definition) is 0. The van der Waals surface area contributed by atoms with Gasteiger partial charge in [0, 0.05) is 4.47 Å². The maximum Gasteiger partial charge on any atom is 0.349 e. The lowest BCUT2D eigenvalue weighted by molar-refractivity contribution is -0.136. The van der Waals surface area contributed by atoms with Crippen LogP contribution in [0.1, 0.15) is 11.1 Å². The van der Waals surface area contributed by atoms with E-state index in [-0.39, 0.29) is 6.61 Å². The van der Waals surface area contributed by atoms with Crippen molar-refractivity contribution in [3.63, 3.8) is 0 Å². The summed E-state index contributed by atoms with van der Waals surface area (Å²) >= 11 is 9.31. The molecule has 0 aliphatic carbocycles. The fourth-order valence-electron chi connectivity index (χ4n) is 1.67. The molecule has 0 fully saturated rings. The first kappa shape index (κ1) is 15.9. The Morgan fingerprint density at radius 2 is 1.90 bits per heavy atom. The number of hydrogen-bond acceptors (Lipinski definition) is 3. The summed E-state index contributed by atoms with van der Waals surface area (Å²) in [5, 5.41) is 0.434. The largest absolute Gasteiger partial charge is 0.480 e. The van der Waals surface area contributed by atoms with Crippen LogP contribution in [0, 0.1) is 13.8 Å². The van der Waals surface area contributed by atoms with Gasteiger partial charge < -0.3 is 9.47 Å². The molecule has 0 unspecified atom stereocenters. The Balaban J connectivity index is 1.94. The van der Waals surface area contributed by atoms with Crippen LogP contribution in [-0.2, 0) is 4.79 Å². The van der Waals surface area contributed by atoms with Gasteiger partial charge in [-0.05, 0) is 55.3 Å². The molecule has 0 spiro atoms. The highest BCUT2D eigenvalue weighted by atomic mass is 79.9. The molecule has 0 N–H and O–H groups in total. The minimum atomic E-state index is -0.475. The van der Waals surface area contributed by atoms with Crippen LogP contribution in [0.4, 0.5) is 0 Å². The van der Waals surface area contributed by atoms with Crippen molar-refractivity contribution in [1.82, 2.24) is 0 Å². The number of esters is 1. The van der Waals surface area contributed by atoms with Crippen molar-refractivity contribution < 1.29 is 14.3 Å². The smallest absolute Gasteiger partial charge is 0.349 e. The normalized spacial score (nSPS) is 10.3. The molecule has 0 atom stereocenters. The van der Waals surface area contributed by atoms with E-state index in [9.17, 15) is 4.79 Å². The number of benzene rings is 2. The fraction of sp³-hybridized carbons (Fsp3) is 0.188. The van der Waals surface area contributed by atoms with Crippen molar-refractivity contribution in [2.24, 2.45) is 0 Å². The summed E-state index contributed by atoms with van der Waals surface area (Å²) in [6.45, 7) is 3.76. The van der Waals surface area contributed by atoms with Crippen LogP contribution in [0.25, 0.3) is 0 Å². The van der Waals surface area contributed by atoms with Crippen LogP contribution in [0.5, 0.6) is 11.5 Å². The van der Waals surface area contributed by atoms with Gasteiger partial charge in [-0.3, -0.25) is 0 Å². The van der Waals surface area contributed by atoms with Gasteiger partial charge in [0.2, 0.25) is 0 Å². The van der Waals surface area contributed by atoms with Gasteiger partial charge in [0.05, 0.1) is 5.02 Å². The van der Waals surface area contributed by atoms with Crippen molar-refractivity contribution >= 4 is 33.5 Å². The number of ether oxygens (including phenoxy) is 2. The quantitative estimate of drug-likeness (QED) is 0.578. The molecule has 0 radical (unpaired) electrons. The van der Waals surface area contributed by atoms with Crippen molar-refractivity contribution in [2.75, 3.05) is 6.61 Å². The van der Waals surface area contributed by atoms with Gasteiger partial charge in [-0.25, -0.2) is 4.79 Å². The molecule has 0 heterocycles. The summed E-state index contributed by atoms with van der Waals surface area (Å²) in [6, 6.07) is 10.7. The lowest BCUT2D eigenvalue weighted by atomic mass is 10.1. The van der Waals surface area contributed by atoms with Gasteiger partial charge in [0.25, 0.3) is 0 Å². The van der Waals surface area contributed by atoms with E-state index in [0.717, 1.165) is 15.6 Å². The average molecular weight is 370 g/mol. The molecule has 110 valence electrons. The van der Waals surface area contributed by atoms with Crippen molar-refractivity contribution in [3.8, 4) is 11.5 Å². The topological polar surface area (TPSA) is 35.5 Å². The number of carbonyl (C=O) groups is 1. The maximum absolute atomic E-state index is 11.8. The molecule has 3 nitrogen and oxygen atoms in total. The first-order chi connectivity index (χ1) is 9.95. The third-order valence-corrected chi connectivity index (χ3v) is 3.74. The van der Waals surface area contributed by atoms with Crippen LogP contribution < -0.4 is 9.47 Å². The fourth-order valence-corrected chi connectivity index (χ4v) is 2.40. The molecule has 21 heavy (non-hydrogen) atoms. The highest BCUT2D eigenvalue weighted by Crippen LogP contribution is 2.27. The van der Waals surface area contributed by atoms with Gasteiger partial charge in [-0.1, -0.05) is 33.6 Å². The van der Waals surface area contributed by atoms with Gasteiger partial charge in [-0.2, -0.15) is 0 Å². The molecule has 0 saturated carbocycles. The molecule has 5 heteroatoms. The molecule has 0 bridgehead atoms. The molecule has 0 aromatic heterocycles. The summed E-state index contributed by atoms with van der Waals surface area (Å²) in [4.78, 5) is 11.8. The minimum absolute atomic E-state index is 0.200. The Morgan fingerprint density at radius 3 is 2.57 bits per heavy atom. The van der Waals surface area contributed by atoms with Crippen molar-refractivity contribution in [3.05, 3.63) is 57.0 Å². The summed E-state index contributed by atoms with van der Waals surface area (Å²) < 4.78 is 11.4. The molecule has 0 saturated heterocycles. The van der Waals surface area contributed by atoms with E-state index in [1.165, 1.54) is 0 Å². The Kier molecular flexibility index (Phi) is 5.26. The number of aryl methyl sites for hydroxylation is 2. The second-order valence-electron chi connectivity index (χ2n) is 4.58. The van der Waals surface area contributed by atoms with Crippen LogP contribution in [0.15, 0.2) is 40.9 Å². The molecule has 2 rings (SSSR count).